The normalized spacial score (nSPS) is 15.8. The van der Waals surface area contributed by atoms with Gasteiger partial charge in [0.15, 0.2) is 0 Å². The fourth-order valence-electron chi connectivity index (χ4n) is 9.14. The van der Waals surface area contributed by atoms with E-state index < -0.39 is 0 Å². The molecule has 5 nitrogen and oxygen atoms in total. The molecular formula is C49H41NO4S. The number of hydrogen-bond donors (Lipinski definition) is 0. The Morgan fingerprint density at radius 2 is 1.33 bits per heavy atom. The first-order valence-electron chi connectivity index (χ1n) is 19.1. The molecule has 0 spiro atoms. The minimum atomic E-state index is -0.328. The Bertz CT molecular complexity index is 3010. The maximum absolute atomic E-state index is 13.9. The first kappa shape index (κ1) is 33.8. The summed E-state index contributed by atoms with van der Waals surface area (Å²) in [5.74, 6) is 0. The summed E-state index contributed by atoms with van der Waals surface area (Å²) in [6.45, 7) is 13.3. The molecule has 0 saturated heterocycles. The monoisotopic (exact) mass is 739 g/mol. The summed E-state index contributed by atoms with van der Waals surface area (Å²) < 4.78 is 12.2. The zero-order valence-corrected chi connectivity index (χ0v) is 32.5. The van der Waals surface area contributed by atoms with Gasteiger partial charge in [0.2, 0.25) is 0 Å². The van der Waals surface area contributed by atoms with E-state index in [4.69, 9.17) is 8.83 Å². The molecule has 0 N–H and O–H groups in total. The molecule has 6 heteroatoms. The van der Waals surface area contributed by atoms with E-state index in [1.807, 2.05) is 49.4 Å². The van der Waals surface area contributed by atoms with Crippen LogP contribution in [0, 0.1) is 6.92 Å². The molecule has 8 aromatic rings. The average molecular weight is 740 g/mol. The van der Waals surface area contributed by atoms with Crippen LogP contribution >= 0.6 is 11.3 Å². The molecule has 0 bridgehead atoms. The molecule has 0 radical (unpaired) electrons. The van der Waals surface area contributed by atoms with Gasteiger partial charge in [-0.25, -0.2) is 9.59 Å². The second kappa shape index (κ2) is 12.1. The van der Waals surface area contributed by atoms with Gasteiger partial charge in [0.25, 0.3) is 0 Å². The molecule has 0 unspecified atom stereocenters. The van der Waals surface area contributed by atoms with E-state index in [0.29, 0.717) is 16.7 Å². The van der Waals surface area contributed by atoms with Gasteiger partial charge in [-0.15, -0.1) is 11.3 Å². The fraction of sp³-hybridized carbons (Fsp3) is 0.224. The third-order valence-electron chi connectivity index (χ3n) is 12.3. The molecule has 5 aromatic carbocycles. The van der Waals surface area contributed by atoms with Crippen molar-refractivity contribution in [2.24, 2.45) is 0 Å². The largest absolute Gasteiger partial charge is 0.422 e. The van der Waals surface area contributed by atoms with Crippen molar-refractivity contribution < 1.29 is 8.83 Å². The molecule has 272 valence electrons. The maximum Gasteiger partial charge on any atom is 0.345 e. The van der Waals surface area contributed by atoms with Crippen LogP contribution in [0.2, 0.25) is 0 Å². The molecule has 0 atom stereocenters. The summed E-state index contributed by atoms with van der Waals surface area (Å²) in [5.41, 5.74) is 10.4. The third-order valence-corrected chi connectivity index (χ3v) is 13.4. The predicted molar refractivity (Wildman–Crippen MR) is 228 cm³/mol. The Hall–Kier alpha value is -5.72. The van der Waals surface area contributed by atoms with Gasteiger partial charge in [-0.3, -0.25) is 0 Å². The Balaban J connectivity index is 1.03. The van der Waals surface area contributed by atoms with Gasteiger partial charge in [-0.1, -0.05) is 94.4 Å². The van der Waals surface area contributed by atoms with Crippen molar-refractivity contribution in [3.8, 4) is 43.1 Å². The van der Waals surface area contributed by atoms with Crippen LogP contribution in [-0.2, 0) is 10.8 Å². The molecule has 10 rings (SSSR count). The van der Waals surface area contributed by atoms with Gasteiger partial charge in [-0.05, 0) is 117 Å². The van der Waals surface area contributed by atoms with Crippen molar-refractivity contribution in [2.45, 2.75) is 58.3 Å². The van der Waals surface area contributed by atoms with Gasteiger partial charge < -0.3 is 13.7 Å². The number of fused-ring (bicyclic) bond motifs is 5. The van der Waals surface area contributed by atoms with E-state index in [2.05, 4.69) is 99.3 Å². The standard InChI is InChI=1S/C49H41NO4S/c1-28-41-35-15-7-6-10-29(35)16-17-38(41)53-47(52)42(28)40-19-18-39(55-40)33-14-9-12-31(25-33)30-11-8-13-32(24-30)36-26-34-27-37-44-43(45(34)54-46(36)51)49(4,5)21-23-50(44)22-20-48(37,2)3/h6-19,24-27H,20-23H2,1-5H3. The van der Waals surface area contributed by atoms with Crippen molar-refractivity contribution in [2.75, 3.05) is 18.0 Å². The Morgan fingerprint density at radius 1 is 0.636 bits per heavy atom. The van der Waals surface area contributed by atoms with Crippen LogP contribution < -0.4 is 16.2 Å². The molecule has 5 heterocycles. The fourth-order valence-corrected chi connectivity index (χ4v) is 10.2. The summed E-state index contributed by atoms with van der Waals surface area (Å²) in [6.07, 6.45) is 2.12. The lowest BCUT2D eigenvalue weighted by Crippen LogP contribution is -2.44. The Labute approximate surface area is 323 Å². The highest BCUT2D eigenvalue weighted by Gasteiger charge is 2.42. The molecule has 0 amide bonds. The Kier molecular flexibility index (Phi) is 7.47. The number of rotatable bonds is 4. The molecular weight excluding hydrogens is 699 g/mol. The zero-order chi connectivity index (χ0) is 37.8. The highest BCUT2D eigenvalue weighted by atomic mass is 32.1. The quantitative estimate of drug-likeness (QED) is 0.133. The van der Waals surface area contributed by atoms with Crippen LogP contribution in [0.3, 0.4) is 0 Å². The molecule has 55 heavy (non-hydrogen) atoms. The molecule has 0 fully saturated rings. The molecule has 0 saturated carbocycles. The van der Waals surface area contributed by atoms with Gasteiger partial charge in [0.1, 0.15) is 11.2 Å². The van der Waals surface area contributed by atoms with Gasteiger partial charge in [0, 0.05) is 44.9 Å². The van der Waals surface area contributed by atoms with Crippen molar-refractivity contribution in [3.63, 3.8) is 0 Å². The molecule has 2 aliphatic rings. The van der Waals surface area contributed by atoms with E-state index in [-0.39, 0.29) is 22.1 Å². The van der Waals surface area contributed by atoms with Crippen molar-refractivity contribution in [1.29, 1.82) is 0 Å². The van der Waals surface area contributed by atoms with Crippen molar-refractivity contribution in [3.05, 3.63) is 147 Å². The average Bonchev–Trinajstić information content (AvgIpc) is 3.66. The number of anilines is 1. The van der Waals surface area contributed by atoms with Crippen LogP contribution in [0.4, 0.5) is 5.69 Å². The van der Waals surface area contributed by atoms with Crippen LogP contribution in [0.15, 0.2) is 128 Å². The van der Waals surface area contributed by atoms with Crippen molar-refractivity contribution >= 4 is 49.7 Å². The van der Waals surface area contributed by atoms with Gasteiger partial charge >= 0.3 is 11.3 Å². The summed E-state index contributed by atoms with van der Waals surface area (Å²) >= 11 is 1.59. The number of benzene rings is 5. The maximum atomic E-state index is 13.9. The highest BCUT2D eigenvalue weighted by Crippen LogP contribution is 2.52. The molecule has 3 aromatic heterocycles. The van der Waals surface area contributed by atoms with E-state index >= 15 is 0 Å². The van der Waals surface area contributed by atoms with Crippen LogP contribution in [-0.4, -0.2) is 13.1 Å². The Morgan fingerprint density at radius 3 is 2.13 bits per heavy atom. The van der Waals surface area contributed by atoms with Crippen LogP contribution in [0.5, 0.6) is 0 Å². The SMILES string of the molecule is Cc1c(-c2ccc(-c3cccc(-c4cccc(-c5cc6cc7c8c(c6oc5=O)C(C)(C)CCN8CCC7(C)C)c4)c3)s2)c(=O)oc2ccc3ccccc3c12. The van der Waals surface area contributed by atoms with E-state index in [1.54, 1.807) is 11.3 Å². The van der Waals surface area contributed by atoms with Crippen LogP contribution in [0.1, 0.15) is 57.2 Å². The lowest BCUT2D eigenvalue weighted by molar-refractivity contribution is 0.398. The predicted octanol–water partition coefficient (Wildman–Crippen LogP) is 12.3. The number of nitrogens with zero attached hydrogens (tertiary/aromatic N) is 1. The van der Waals surface area contributed by atoms with Crippen LogP contribution in [0.25, 0.3) is 75.8 Å². The number of aryl methyl sites for hydroxylation is 1. The summed E-state index contributed by atoms with van der Waals surface area (Å²) in [4.78, 5) is 31.7. The van der Waals surface area contributed by atoms with Gasteiger partial charge in [-0.2, -0.15) is 0 Å². The highest BCUT2D eigenvalue weighted by molar-refractivity contribution is 7.18. The minimum absolute atomic E-state index is 0.0303. The zero-order valence-electron chi connectivity index (χ0n) is 31.7. The second-order valence-electron chi connectivity index (χ2n) is 16.6. The van der Waals surface area contributed by atoms with E-state index in [1.165, 1.54) is 16.8 Å². The van der Waals surface area contributed by atoms with E-state index in [0.717, 1.165) is 90.6 Å². The molecule has 0 aliphatic carbocycles. The molecule has 2 aliphatic heterocycles. The number of hydrogen-bond acceptors (Lipinski definition) is 6. The van der Waals surface area contributed by atoms with Crippen molar-refractivity contribution in [1.82, 2.24) is 0 Å². The number of thiophene rings is 1. The minimum Gasteiger partial charge on any atom is -0.422 e. The smallest absolute Gasteiger partial charge is 0.345 e. The summed E-state index contributed by atoms with van der Waals surface area (Å²) in [6, 6.07) is 37.1. The topological polar surface area (TPSA) is 63.7 Å². The van der Waals surface area contributed by atoms with Gasteiger partial charge in [0.05, 0.1) is 11.1 Å². The summed E-state index contributed by atoms with van der Waals surface area (Å²) in [7, 11) is 0. The first-order valence-corrected chi connectivity index (χ1v) is 20.0. The van der Waals surface area contributed by atoms with E-state index in [9.17, 15) is 9.59 Å². The third kappa shape index (κ3) is 5.33. The second-order valence-corrected chi connectivity index (χ2v) is 17.7. The lowest BCUT2D eigenvalue weighted by Gasteiger charge is -2.48. The summed E-state index contributed by atoms with van der Waals surface area (Å²) in [5, 5.41) is 4.14. The first-order chi connectivity index (χ1) is 26.5. The lowest BCUT2D eigenvalue weighted by atomic mass is 9.69.